The van der Waals surface area contributed by atoms with Crippen LogP contribution in [0.4, 0.5) is 0 Å². The van der Waals surface area contributed by atoms with Gasteiger partial charge in [-0.25, -0.2) is 9.78 Å². The summed E-state index contributed by atoms with van der Waals surface area (Å²) in [4.78, 5) is 16.4. The predicted molar refractivity (Wildman–Crippen MR) is 94.8 cm³/mol. The lowest BCUT2D eigenvalue weighted by Gasteiger charge is -2.13. The van der Waals surface area contributed by atoms with Crippen LogP contribution in [0.1, 0.15) is 12.6 Å². The first kappa shape index (κ1) is 17.5. The lowest BCUT2D eigenvalue weighted by atomic mass is 10.2. The number of hydrogen-bond donors (Lipinski definition) is 0. The van der Waals surface area contributed by atoms with E-state index in [1.165, 1.54) is 6.26 Å². The van der Waals surface area contributed by atoms with E-state index in [4.69, 9.17) is 18.6 Å². The second-order valence-corrected chi connectivity index (χ2v) is 5.55. The van der Waals surface area contributed by atoms with Gasteiger partial charge in [-0.1, -0.05) is 18.2 Å². The summed E-state index contributed by atoms with van der Waals surface area (Å²) in [6, 6.07) is 16.5. The molecule has 1 atom stereocenters. The molecule has 26 heavy (non-hydrogen) atoms. The zero-order valence-electron chi connectivity index (χ0n) is 14.5. The molecule has 0 spiro atoms. The standard InChI is InChI=1S/C20H19NO5/c1-14(26-18-10-8-17(23-2)9-11-18)20(22)25-13-16-12-24-19(21-16)15-6-4-3-5-7-15/h3-12,14H,13H2,1-2H3. The lowest BCUT2D eigenvalue weighted by Crippen LogP contribution is -2.26. The van der Waals surface area contributed by atoms with Crippen molar-refractivity contribution in [3.8, 4) is 23.0 Å². The molecule has 2 aromatic carbocycles. The maximum absolute atomic E-state index is 12.1. The average molecular weight is 353 g/mol. The second-order valence-electron chi connectivity index (χ2n) is 5.55. The molecule has 0 bridgehead atoms. The number of benzene rings is 2. The Bertz CT molecular complexity index is 842. The number of oxazole rings is 1. The van der Waals surface area contributed by atoms with Crippen molar-refractivity contribution < 1.29 is 23.4 Å². The number of ether oxygens (including phenoxy) is 3. The van der Waals surface area contributed by atoms with Crippen molar-refractivity contribution in [3.63, 3.8) is 0 Å². The van der Waals surface area contributed by atoms with Crippen molar-refractivity contribution in [3.05, 3.63) is 66.6 Å². The van der Waals surface area contributed by atoms with Gasteiger partial charge in [0, 0.05) is 5.56 Å². The fourth-order valence-corrected chi connectivity index (χ4v) is 2.26. The number of esters is 1. The molecule has 0 aliphatic heterocycles. The summed E-state index contributed by atoms with van der Waals surface area (Å²) in [6.07, 6.45) is 0.730. The first-order valence-corrected chi connectivity index (χ1v) is 8.13. The SMILES string of the molecule is COc1ccc(OC(C)C(=O)OCc2coc(-c3ccccc3)n2)cc1. The molecule has 6 heteroatoms. The molecular weight excluding hydrogens is 334 g/mol. The molecule has 1 aromatic heterocycles. The Morgan fingerprint density at radius 3 is 2.46 bits per heavy atom. The third-order valence-electron chi connectivity index (χ3n) is 3.64. The number of aromatic nitrogens is 1. The van der Waals surface area contributed by atoms with Crippen LogP contribution in [0.2, 0.25) is 0 Å². The van der Waals surface area contributed by atoms with Crippen LogP contribution in [-0.2, 0) is 16.1 Å². The van der Waals surface area contributed by atoms with Gasteiger partial charge in [-0.3, -0.25) is 0 Å². The van der Waals surface area contributed by atoms with Crippen molar-refractivity contribution in [2.45, 2.75) is 19.6 Å². The van der Waals surface area contributed by atoms with E-state index in [0.29, 0.717) is 23.1 Å². The lowest BCUT2D eigenvalue weighted by molar-refractivity contribution is -0.152. The zero-order valence-corrected chi connectivity index (χ0v) is 14.5. The van der Waals surface area contributed by atoms with E-state index in [1.54, 1.807) is 38.3 Å². The normalized spacial score (nSPS) is 11.6. The minimum Gasteiger partial charge on any atom is -0.497 e. The Morgan fingerprint density at radius 2 is 1.77 bits per heavy atom. The highest BCUT2D eigenvalue weighted by atomic mass is 16.6. The van der Waals surface area contributed by atoms with Gasteiger partial charge in [-0.15, -0.1) is 0 Å². The van der Waals surface area contributed by atoms with Gasteiger partial charge in [0.15, 0.2) is 6.10 Å². The van der Waals surface area contributed by atoms with Crippen LogP contribution in [0.5, 0.6) is 11.5 Å². The number of hydrogen-bond acceptors (Lipinski definition) is 6. The summed E-state index contributed by atoms with van der Waals surface area (Å²) < 4.78 is 21.3. The Morgan fingerprint density at radius 1 is 1.08 bits per heavy atom. The summed E-state index contributed by atoms with van der Waals surface area (Å²) in [5, 5.41) is 0. The topological polar surface area (TPSA) is 70.8 Å². The van der Waals surface area contributed by atoms with Crippen LogP contribution in [0.25, 0.3) is 11.5 Å². The first-order valence-electron chi connectivity index (χ1n) is 8.13. The molecule has 0 amide bonds. The third kappa shape index (κ3) is 4.42. The van der Waals surface area contributed by atoms with Gasteiger partial charge in [0.05, 0.1) is 7.11 Å². The molecule has 134 valence electrons. The number of carbonyl (C=O) groups excluding carboxylic acids is 1. The summed E-state index contributed by atoms with van der Waals surface area (Å²) in [5.41, 5.74) is 1.40. The second kappa shape index (κ2) is 8.20. The molecule has 0 N–H and O–H groups in total. The Kier molecular flexibility index (Phi) is 5.53. The third-order valence-corrected chi connectivity index (χ3v) is 3.64. The molecule has 0 saturated heterocycles. The molecule has 6 nitrogen and oxygen atoms in total. The summed E-state index contributed by atoms with van der Waals surface area (Å²) >= 11 is 0. The maximum Gasteiger partial charge on any atom is 0.347 e. The van der Waals surface area contributed by atoms with Gasteiger partial charge in [0.2, 0.25) is 5.89 Å². The van der Waals surface area contributed by atoms with Gasteiger partial charge in [0.25, 0.3) is 0 Å². The van der Waals surface area contributed by atoms with Crippen LogP contribution in [0, 0.1) is 0 Å². The van der Waals surface area contributed by atoms with E-state index in [9.17, 15) is 4.79 Å². The van der Waals surface area contributed by atoms with Gasteiger partial charge in [-0.2, -0.15) is 0 Å². The van der Waals surface area contributed by atoms with Gasteiger partial charge in [-0.05, 0) is 43.3 Å². The summed E-state index contributed by atoms with van der Waals surface area (Å²) in [5.74, 6) is 1.28. The minimum atomic E-state index is -0.746. The van der Waals surface area contributed by atoms with E-state index in [0.717, 1.165) is 5.56 Å². The molecule has 0 saturated carbocycles. The zero-order chi connectivity index (χ0) is 18.4. The maximum atomic E-state index is 12.1. The van der Waals surface area contributed by atoms with E-state index in [1.807, 2.05) is 30.3 Å². The fourth-order valence-electron chi connectivity index (χ4n) is 2.26. The van der Waals surface area contributed by atoms with Crippen LogP contribution < -0.4 is 9.47 Å². The minimum absolute atomic E-state index is 0.0193. The molecule has 0 aliphatic rings. The monoisotopic (exact) mass is 353 g/mol. The highest BCUT2D eigenvalue weighted by Gasteiger charge is 2.17. The summed E-state index contributed by atoms with van der Waals surface area (Å²) in [7, 11) is 1.59. The predicted octanol–water partition coefficient (Wildman–Crippen LogP) is 3.86. The molecule has 0 fully saturated rings. The quantitative estimate of drug-likeness (QED) is 0.601. The molecule has 3 rings (SSSR count). The van der Waals surface area contributed by atoms with Crippen LogP contribution in [-0.4, -0.2) is 24.2 Å². The van der Waals surface area contributed by atoms with Crippen LogP contribution in [0.15, 0.2) is 65.3 Å². The molecule has 3 aromatic rings. The highest BCUT2D eigenvalue weighted by molar-refractivity contribution is 5.74. The van der Waals surface area contributed by atoms with Crippen molar-refractivity contribution in [2.24, 2.45) is 0 Å². The molecular formula is C20H19NO5. The molecule has 1 heterocycles. The summed E-state index contributed by atoms with van der Waals surface area (Å²) in [6.45, 7) is 1.65. The smallest absolute Gasteiger partial charge is 0.347 e. The number of carbonyl (C=O) groups is 1. The van der Waals surface area contributed by atoms with E-state index >= 15 is 0 Å². The Labute approximate surface area is 151 Å². The van der Waals surface area contributed by atoms with Gasteiger partial charge in [0.1, 0.15) is 30.1 Å². The van der Waals surface area contributed by atoms with Crippen molar-refractivity contribution in [1.82, 2.24) is 4.98 Å². The van der Waals surface area contributed by atoms with Crippen LogP contribution in [0.3, 0.4) is 0 Å². The van der Waals surface area contributed by atoms with Gasteiger partial charge >= 0.3 is 5.97 Å². The van der Waals surface area contributed by atoms with E-state index in [-0.39, 0.29) is 6.61 Å². The Balaban J connectivity index is 1.52. The van der Waals surface area contributed by atoms with E-state index < -0.39 is 12.1 Å². The van der Waals surface area contributed by atoms with E-state index in [2.05, 4.69) is 4.98 Å². The number of nitrogens with zero attached hydrogens (tertiary/aromatic N) is 1. The fraction of sp³-hybridized carbons (Fsp3) is 0.200. The number of methoxy groups -OCH3 is 1. The van der Waals surface area contributed by atoms with Crippen molar-refractivity contribution >= 4 is 5.97 Å². The number of rotatable bonds is 7. The first-order chi connectivity index (χ1) is 12.7. The van der Waals surface area contributed by atoms with Crippen molar-refractivity contribution in [1.29, 1.82) is 0 Å². The Hall–Kier alpha value is -3.28. The largest absolute Gasteiger partial charge is 0.497 e. The van der Waals surface area contributed by atoms with Crippen molar-refractivity contribution in [2.75, 3.05) is 7.11 Å². The molecule has 0 radical (unpaired) electrons. The molecule has 1 unspecified atom stereocenters. The average Bonchev–Trinajstić information content (AvgIpc) is 3.16. The van der Waals surface area contributed by atoms with Gasteiger partial charge < -0.3 is 18.6 Å². The highest BCUT2D eigenvalue weighted by Crippen LogP contribution is 2.20. The molecule has 0 aliphatic carbocycles. The van der Waals surface area contributed by atoms with Crippen LogP contribution >= 0.6 is 0 Å².